The molecule has 2 amide bonds. The van der Waals surface area contributed by atoms with E-state index in [0.29, 0.717) is 17.6 Å². The summed E-state index contributed by atoms with van der Waals surface area (Å²) in [6.07, 6.45) is 1.02. The molecule has 2 saturated heterocycles. The molecule has 2 aliphatic heterocycles. The van der Waals surface area contributed by atoms with Gasteiger partial charge in [-0.2, -0.15) is 0 Å². The average molecular weight is 314 g/mol. The molecule has 0 saturated carbocycles. The van der Waals surface area contributed by atoms with Gasteiger partial charge in [-0.15, -0.1) is 11.8 Å². The van der Waals surface area contributed by atoms with Crippen molar-refractivity contribution in [3.05, 3.63) is 0 Å². The van der Waals surface area contributed by atoms with Gasteiger partial charge in [-0.25, -0.2) is 9.59 Å². The molecule has 0 spiro atoms. The van der Waals surface area contributed by atoms with Crippen molar-refractivity contribution >= 4 is 23.8 Å². The van der Waals surface area contributed by atoms with Crippen LogP contribution in [-0.4, -0.2) is 57.2 Å². The lowest BCUT2D eigenvalue weighted by molar-refractivity contribution is -0.141. The van der Waals surface area contributed by atoms with Crippen molar-refractivity contribution in [3.8, 4) is 0 Å². The van der Waals surface area contributed by atoms with Crippen LogP contribution in [0.15, 0.2) is 0 Å². The molecule has 3 atom stereocenters. The lowest BCUT2D eigenvalue weighted by Crippen LogP contribution is -2.52. The SMILES string of the molecule is CC(C)C1CCN(C(=O)N2C(C(=O)O)CSC2C(C)C)C1. The number of likely N-dealkylation sites (tertiary alicyclic amines) is 1. The van der Waals surface area contributed by atoms with Crippen LogP contribution >= 0.6 is 11.8 Å². The number of carboxylic acid groups (broad SMARTS) is 1. The van der Waals surface area contributed by atoms with Gasteiger partial charge in [0.2, 0.25) is 0 Å². The first-order chi connectivity index (χ1) is 9.82. The number of amides is 2. The summed E-state index contributed by atoms with van der Waals surface area (Å²) in [5.41, 5.74) is 0. The Kier molecular flexibility index (Phi) is 5.07. The third-order valence-corrected chi connectivity index (χ3v) is 6.17. The van der Waals surface area contributed by atoms with Crippen LogP contribution in [0.2, 0.25) is 0 Å². The normalized spacial score (nSPS) is 29.7. The summed E-state index contributed by atoms with van der Waals surface area (Å²) in [7, 11) is 0. The van der Waals surface area contributed by atoms with Crippen LogP contribution in [0.1, 0.15) is 34.1 Å². The van der Waals surface area contributed by atoms with E-state index >= 15 is 0 Å². The van der Waals surface area contributed by atoms with Crippen LogP contribution < -0.4 is 0 Å². The molecule has 0 aromatic carbocycles. The minimum Gasteiger partial charge on any atom is -0.480 e. The van der Waals surface area contributed by atoms with Crippen molar-refractivity contribution in [1.82, 2.24) is 9.80 Å². The Labute approximate surface area is 131 Å². The molecular weight excluding hydrogens is 288 g/mol. The molecule has 1 N–H and O–H groups in total. The minimum absolute atomic E-state index is 0.0308. The fourth-order valence-corrected chi connectivity index (χ4v) is 4.61. The Morgan fingerprint density at radius 1 is 1.19 bits per heavy atom. The van der Waals surface area contributed by atoms with Crippen LogP contribution in [-0.2, 0) is 4.79 Å². The number of hydrogen-bond donors (Lipinski definition) is 1. The third-order valence-electron chi connectivity index (χ3n) is 4.55. The van der Waals surface area contributed by atoms with Gasteiger partial charge in [-0.05, 0) is 24.2 Å². The molecule has 0 aromatic rings. The van der Waals surface area contributed by atoms with Gasteiger partial charge in [-0.1, -0.05) is 27.7 Å². The van der Waals surface area contributed by atoms with Gasteiger partial charge in [0.1, 0.15) is 6.04 Å². The number of aliphatic carboxylic acids is 1. The highest BCUT2D eigenvalue weighted by molar-refractivity contribution is 8.00. The number of urea groups is 1. The molecule has 2 rings (SSSR count). The number of nitrogens with zero attached hydrogens (tertiary/aromatic N) is 2. The predicted molar refractivity (Wildman–Crippen MR) is 84.3 cm³/mol. The molecule has 0 aliphatic carbocycles. The number of thioether (sulfide) groups is 1. The molecular formula is C15H26N2O3S. The van der Waals surface area contributed by atoms with Crippen molar-refractivity contribution in [1.29, 1.82) is 0 Å². The van der Waals surface area contributed by atoms with Gasteiger partial charge in [0.25, 0.3) is 0 Å². The highest BCUT2D eigenvalue weighted by atomic mass is 32.2. The van der Waals surface area contributed by atoms with Crippen molar-refractivity contribution in [3.63, 3.8) is 0 Å². The van der Waals surface area contributed by atoms with Gasteiger partial charge in [0.05, 0.1) is 5.37 Å². The zero-order valence-corrected chi connectivity index (χ0v) is 14.1. The lowest BCUT2D eigenvalue weighted by Gasteiger charge is -2.33. The van der Waals surface area contributed by atoms with Gasteiger partial charge >= 0.3 is 12.0 Å². The fourth-order valence-electron chi connectivity index (χ4n) is 3.14. The first-order valence-corrected chi connectivity index (χ1v) is 8.79. The Balaban J connectivity index is 2.12. The molecule has 21 heavy (non-hydrogen) atoms. The first-order valence-electron chi connectivity index (χ1n) is 7.74. The summed E-state index contributed by atoms with van der Waals surface area (Å²) in [4.78, 5) is 27.7. The van der Waals surface area contributed by atoms with Crippen molar-refractivity contribution < 1.29 is 14.7 Å². The summed E-state index contributed by atoms with van der Waals surface area (Å²) < 4.78 is 0. The molecule has 3 unspecified atom stereocenters. The van der Waals surface area contributed by atoms with E-state index in [4.69, 9.17) is 0 Å². The van der Waals surface area contributed by atoms with Crippen molar-refractivity contribution in [2.75, 3.05) is 18.8 Å². The molecule has 2 aliphatic rings. The Morgan fingerprint density at radius 2 is 1.86 bits per heavy atom. The summed E-state index contributed by atoms with van der Waals surface area (Å²) in [5, 5.41) is 9.36. The maximum Gasteiger partial charge on any atom is 0.327 e. The zero-order chi connectivity index (χ0) is 15.7. The summed E-state index contributed by atoms with van der Waals surface area (Å²) in [6, 6.07) is -0.776. The quantitative estimate of drug-likeness (QED) is 0.870. The van der Waals surface area contributed by atoms with Gasteiger partial charge < -0.3 is 10.0 Å². The number of rotatable bonds is 3. The molecule has 2 heterocycles. The zero-order valence-electron chi connectivity index (χ0n) is 13.3. The van der Waals surface area contributed by atoms with Gasteiger partial charge in [0.15, 0.2) is 0 Å². The number of carbonyl (C=O) groups is 2. The Bertz CT molecular complexity index is 414. The van der Waals surface area contributed by atoms with E-state index in [-0.39, 0.29) is 17.3 Å². The second kappa shape index (κ2) is 6.46. The average Bonchev–Trinajstić information content (AvgIpc) is 3.04. The summed E-state index contributed by atoms with van der Waals surface area (Å²) >= 11 is 1.59. The summed E-state index contributed by atoms with van der Waals surface area (Å²) in [6.45, 7) is 9.96. The van der Waals surface area contributed by atoms with Crippen LogP contribution in [0, 0.1) is 17.8 Å². The van der Waals surface area contributed by atoms with E-state index in [9.17, 15) is 14.7 Å². The van der Waals surface area contributed by atoms with Crippen LogP contribution in [0.3, 0.4) is 0 Å². The molecule has 6 heteroatoms. The Morgan fingerprint density at radius 3 is 2.33 bits per heavy atom. The van der Waals surface area contributed by atoms with E-state index in [1.807, 2.05) is 18.7 Å². The van der Waals surface area contributed by atoms with Crippen LogP contribution in [0.5, 0.6) is 0 Å². The fraction of sp³-hybridized carbons (Fsp3) is 0.867. The molecule has 0 bridgehead atoms. The monoisotopic (exact) mass is 314 g/mol. The number of hydrogen-bond acceptors (Lipinski definition) is 3. The van der Waals surface area contributed by atoms with E-state index in [0.717, 1.165) is 19.5 Å². The van der Waals surface area contributed by atoms with Gasteiger partial charge in [-0.3, -0.25) is 4.90 Å². The third kappa shape index (κ3) is 3.30. The smallest absolute Gasteiger partial charge is 0.327 e. The number of carbonyl (C=O) groups excluding carboxylic acids is 1. The minimum atomic E-state index is -0.890. The second-order valence-electron chi connectivity index (χ2n) is 6.75. The van der Waals surface area contributed by atoms with Gasteiger partial charge in [0, 0.05) is 18.8 Å². The largest absolute Gasteiger partial charge is 0.480 e. The van der Waals surface area contributed by atoms with Crippen LogP contribution in [0.4, 0.5) is 4.79 Å². The highest BCUT2D eigenvalue weighted by Crippen LogP contribution is 2.36. The second-order valence-corrected chi connectivity index (χ2v) is 7.90. The summed E-state index contributed by atoms with van der Waals surface area (Å²) in [5.74, 6) is 0.952. The molecule has 0 radical (unpaired) electrons. The molecule has 2 fully saturated rings. The van der Waals surface area contributed by atoms with E-state index in [2.05, 4.69) is 13.8 Å². The topological polar surface area (TPSA) is 60.9 Å². The maximum atomic E-state index is 12.8. The predicted octanol–water partition coefficient (Wildman–Crippen LogP) is 2.57. The van der Waals surface area contributed by atoms with Crippen LogP contribution in [0.25, 0.3) is 0 Å². The molecule has 120 valence electrons. The first kappa shape index (κ1) is 16.5. The van der Waals surface area contributed by atoms with Crippen molar-refractivity contribution in [2.24, 2.45) is 17.8 Å². The van der Waals surface area contributed by atoms with E-state index in [1.54, 1.807) is 16.7 Å². The van der Waals surface area contributed by atoms with E-state index in [1.165, 1.54) is 0 Å². The standard InChI is InChI=1S/C15H26N2O3S/c1-9(2)11-5-6-16(7-11)15(20)17-12(14(18)19)8-21-13(17)10(3)4/h9-13H,5-8H2,1-4H3,(H,18,19). The Hall–Kier alpha value is -0.910. The van der Waals surface area contributed by atoms with Crippen molar-refractivity contribution in [2.45, 2.75) is 45.5 Å². The van der Waals surface area contributed by atoms with E-state index < -0.39 is 12.0 Å². The lowest BCUT2D eigenvalue weighted by atomic mass is 9.95. The maximum absolute atomic E-state index is 12.8. The number of carboxylic acids is 1. The molecule has 5 nitrogen and oxygen atoms in total. The molecule has 0 aromatic heterocycles. The highest BCUT2D eigenvalue weighted by Gasteiger charge is 2.45.